The van der Waals surface area contributed by atoms with Crippen LogP contribution in [0.25, 0.3) is 0 Å². The maximum absolute atomic E-state index is 12.8. The van der Waals surface area contributed by atoms with E-state index in [0.717, 1.165) is 12.0 Å². The normalized spacial score (nSPS) is 10.8. The third-order valence-corrected chi connectivity index (χ3v) is 3.41. The van der Waals surface area contributed by atoms with Gasteiger partial charge in [0.1, 0.15) is 11.6 Å². The van der Waals surface area contributed by atoms with E-state index in [2.05, 4.69) is 10.3 Å². The first-order valence-electron chi connectivity index (χ1n) is 6.84. The van der Waals surface area contributed by atoms with Crippen LogP contribution in [0.2, 0.25) is 0 Å². The molecule has 1 heterocycles. The topological polar surface area (TPSA) is 65.4 Å². The number of halogens is 1. The minimum atomic E-state index is -0.239. The first-order valence-corrected chi connectivity index (χ1v) is 6.84. The van der Waals surface area contributed by atoms with Gasteiger partial charge in [-0.15, -0.1) is 0 Å². The van der Waals surface area contributed by atoms with Crippen molar-refractivity contribution in [3.8, 4) is 5.75 Å². The molecule has 4 nitrogen and oxygen atoms in total. The molecule has 0 aliphatic heterocycles. The van der Waals surface area contributed by atoms with E-state index < -0.39 is 0 Å². The first kappa shape index (κ1) is 15.4. The van der Waals surface area contributed by atoms with Crippen molar-refractivity contribution in [2.75, 3.05) is 6.54 Å². The molecular formula is C16H19FN2O2. The lowest BCUT2D eigenvalue weighted by atomic mass is 10.1. The Morgan fingerprint density at radius 1 is 1.24 bits per heavy atom. The van der Waals surface area contributed by atoms with Gasteiger partial charge in [0.25, 0.3) is 0 Å². The Kier molecular flexibility index (Phi) is 5.25. The van der Waals surface area contributed by atoms with Crippen LogP contribution in [0.4, 0.5) is 4.39 Å². The van der Waals surface area contributed by atoms with Gasteiger partial charge in [-0.2, -0.15) is 0 Å². The Bertz CT molecular complexity index is 600. The van der Waals surface area contributed by atoms with Crippen molar-refractivity contribution in [2.24, 2.45) is 0 Å². The fourth-order valence-electron chi connectivity index (χ4n) is 2.11. The van der Waals surface area contributed by atoms with Crippen LogP contribution in [-0.2, 0) is 19.6 Å². The molecule has 0 aliphatic carbocycles. The molecule has 1 aromatic heterocycles. The molecule has 0 unspecified atom stereocenters. The van der Waals surface area contributed by atoms with E-state index >= 15 is 0 Å². The number of aliphatic hydroxyl groups is 1. The van der Waals surface area contributed by atoms with Crippen molar-refractivity contribution in [3.63, 3.8) is 0 Å². The van der Waals surface area contributed by atoms with Gasteiger partial charge in [0, 0.05) is 23.9 Å². The summed E-state index contributed by atoms with van der Waals surface area (Å²) in [6.45, 7) is 2.71. The summed E-state index contributed by atoms with van der Waals surface area (Å²) in [4.78, 5) is 4.02. The Labute approximate surface area is 123 Å². The summed E-state index contributed by atoms with van der Waals surface area (Å²) in [6.07, 6.45) is 2.34. The maximum Gasteiger partial charge on any atom is 0.141 e. The molecule has 112 valence electrons. The zero-order valence-corrected chi connectivity index (χ0v) is 11.9. The summed E-state index contributed by atoms with van der Waals surface area (Å²) in [7, 11) is 0. The van der Waals surface area contributed by atoms with E-state index in [9.17, 15) is 14.6 Å². The van der Waals surface area contributed by atoms with Crippen molar-refractivity contribution < 1.29 is 14.6 Å². The predicted molar refractivity (Wildman–Crippen MR) is 78.4 cm³/mol. The Hall–Kier alpha value is -1.98. The number of hydrogen-bond acceptors (Lipinski definition) is 4. The lowest BCUT2D eigenvalue weighted by Crippen LogP contribution is -2.18. The number of hydrogen-bond donors (Lipinski definition) is 3. The number of nitrogens with one attached hydrogen (secondary N) is 1. The summed E-state index contributed by atoms with van der Waals surface area (Å²) in [5, 5.41) is 22.5. The number of benzene rings is 1. The average Bonchev–Trinajstić information content (AvgIpc) is 2.49. The van der Waals surface area contributed by atoms with Gasteiger partial charge in [0.2, 0.25) is 0 Å². The molecule has 0 fully saturated rings. The second-order valence-corrected chi connectivity index (χ2v) is 4.91. The van der Waals surface area contributed by atoms with E-state index in [0.29, 0.717) is 29.9 Å². The largest absolute Gasteiger partial charge is 0.506 e. The Morgan fingerprint density at radius 3 is 2.62 bits per heavy atom. The maximum atomic E-state index is 12.8. The molecule has 0 aliphatic rings. The van der Waals surface area contributed by atoms with E-state index in [1.165, 1.54) is 12.1 Å². The van der Waals surface area contributed by atoms with Gasteiger partial charge in [-0.25, -0.2) is 4.39 Å². The molecule has 0 saturated carbocycles. The zero-order chi connectivity index (χ0) is 15.2. The zero-order valence-electron chi connectivity index (χ0n) is 11.9. The van der Waals surface area contributed by atoms with Crippen molar-refractivity contribution in [3.05, 3.63) is 58.7 Å². The molecule has 2 aromatic rings. The number of pyridine rings is 1. The van der Waals surface area contributed by atoms with Crippen LogP contribution >= 0.6 is 0 Å². The summed E-state index contributed by atoms with van der Waals surface area (Å²) < 4.78 is 12.8. The lowest BCUT2D eigenvalue weighted by Gasteiger charge is -2.12. The van der Waals surface area contributed by atoms with Crippen LogP contribution in [0.1, 0.15) is 22.4 Å². The van der Waals surface area contributed by atoms with E-state index in [4.69, 9.17) is 0 Å². The molecule has 0 amide bonds. The van der Waals surface area contributed by atoms with Crippen molar-refractivity contribution in [2.45, 2.75) is 26.5 Å². The summed E-state index contributed by atoms with van der Waals surface area (Å²) in [6, 6.07) is 6.39. The number of aryl methyl sites for hydroxylation is 1. The highest BCUT2D eigenvalue weighted by atomic mass is 19.1. The average molecular weight is 290 g/mol. The molecule has 21 heavy (non-hydrogen) atoms. The third-order valence-electron chi connectivity index (χ3n) is 3.41. The molecule has 5 heteroatoms. The SMILES string of the molecule is Cc1ncc(CO)c(CNCCc2ccc(F)cc2)c1O. The molecule has 0 bridgehead atoms. The molecule has 3 N–H and O–H groups in total. The fraction of sp³-hybridized carbons (Fsp3) is 0.312. The quantitative estimate of drug-likeness (QED) is 0.713. The summed E-state index contributed by atoms with van der Waals surface area (Å²) >= 11 is 0. The monoisotopic (exact) mass is 290 g/mol. The highest BCUT2D eigenvalue weighted by Crippen LogP contribution is 2.23. The van der Waals surface area contributed by atoms with Gasteiger partial charge in [-0.1, -0.05) is 12.1 Å². The summed E-state index contributed by atoms with van der Waals surface area (Å²) in [5.74, 6) is -0.118. The molecule has 0 atom stereocenters. The second kappa shape index (κ2) is 7.15. The number of aromatic nitrogens is 1. The third kappa shape index (κ3) is 4.00. The molecule has 0 saturated heterocycles. The van der Waals surface area contributed by atoms with Crippen LogP contribution in [0.5, 0.6) is 5.75 Å². The fourth-order valence-corrected chi connectivity index (χ4v) is 2.11. The minimum Gasteiger partial charge on any atom is -0.506 e. The molecule has 1 aromatic carbocycles. The smallest absolute Gasteiger partial charge is 0.141 e. The number of rotatable bonds is 6. The second-order valence-electron chi connectivity index (χ2n) is 4.91. The van der Waals surface area contributed by atoms with E-state index in [-0.39, 0.29) is 18.2 Å². The van der Waals surface area contributed by atoms with Gasteiger partial charge in [0.15, 0.2) is 0 Å². The van der Waals surface area contributed by atoms with E-state index in [1.54, 1.807) is 25.3 Å². The molecule has 0 radical (unpaired) electrons. The Balaban J connectivity index is 1.91. The first-order chi connectivity index (χ1) is 10.1. The molecular weight excluding hydrogens is 271 g/mol. The van der Waals surface area contributed by atoms with Crippen LogP contribution in [0, 0.1) is 12.7 Å². The van der Waals surface area contributed by atoms with Gasteiger partial charge in [-0.3, -0.25) is 4.98 Å². The number of nitrogens with zero attached hydrogens (tertiary/aromatic N) is 1. The Morgan fingerprint density at radius 2 is 1.95 bits per heavy atom. The van der Waals surface area contributed by atoms with Crippen molar-refractivity contribution >= 4 is 0 Å². The van der Waals surface area contributed by atoms with Crippen LogP contribution in [0.3, 0.4) is 0 Å². The van der Waals surface area contributed by atoms with Crippen LogP contribution in [0.15, 0.2) is 30.5 Å². The number of aliphatic hydroxyl groups excluding tert-OH is 1. The van der Waals surface area contributed by atoms with E-state index in [1.807, 2.05) is 0 Å². The number of aromatic hydroxyl groups is 1. The van der Waals surface area contributed by atoms with Crippen LogP contribution in [-0.4, -0.2) is 21.7 Å². The van der Waals surface area contributed by atoms with Crippen molar-refractivity contribution in [1.29, 1.82) is 0 Å². The molecule has 0 spiro atoms. The summed E-state index contributed by atoms with van der Waals surface area (Å²) in [5.41, 5.74) is 2.88. The van der Waals surface area contributed by atoms with Gasteiger partial charge in [0.05, 0.1) is 12.3 Å². The lowest BCUT2D eigenvalue weighted by molar-refractivity contribution is 0.278. The van der Waals surface area contributed by atoms with Gasteiger partial charge < -0.3 is 15.5 Å². The standard InChI is InChI=1S/C16H19FN2O2/c1-11-16(21)15(13(10-20)8-19-11)9-18-7-6-12-2-4-14(17)5-3-12/h2-5,8,18,20-21H,6-7,9-10H2,1H3. The highest BCUT2D eigenvalue weighted by molar-refractivity contribution is 5.40. The van der Waals surface area contributed by atoms with Crippen LogP contribution < -0.4 is 5.32 Å². The minimum absolute atomic E-state index is 0.121. The highest BCUT2D eigenvalue weighted by Gasteiger charge is 2.10. The van der Waals surface area contributed by atoms with Gasteiger partial charge >= 0.3 is 0 Å². The predicted octanol–water partition coefficient (Wildman–Crippen LogP) is 2.06. The molecule has 2 rings (SSSR count). The van der Waals surface area contributed by atoms with Crippen molar-refractivity contribution in [1.82, 2.24) is 10.3 Å². The van der Waals surface area contributed by atoms with Gasteiger partial charge in [-0.05, 0) is 37.6 Å².